The van der Waals surface area contributed by atoms with Crippen LogP contribution in [-0.4, -0.2) is 62.9 Å². The van der Waals surface area contributed by atoms with E-state index in [-0.39, 0.29) is 11.9 Å². The summed E-state index contributed by atoms with van der Waals surface area (Å²) in [5.74, 6) is 1.67. The highest BCUT2D eigenvalue weighted by Gasteiger charge is 2.27. The fraction of sp³-hybridized carbons (Fsp3) is 0.357. The van der Waals surface area contributed by atoms with Gasteiger partial charge in [-0.3, -0.25) is 4.79 Å². The predicted octanol–water partition coefficient (Wildman–Crippen LogP) is 4.05. The van der Waals surface area contributed by atoms with Crippen molar-refractivity contribution < 1.29 is 14.3 Å². The van der Waals surface area contributed by atoms with E-state index in [0.717, 1.165) is 41.5 Å². The van der Waals surface area contributed by atoms with Crippen LogP contribution in [0.3, 0.4) is 0 Å². The van der Waals surface area contributed by atoms with Gasteiger partial charge in [0.2, 0.25) is 0 Å². The molecule has 1 saturated carbocycles. The molecule has 3 aliphatic rings. The van der Waals surface area contributed by atoms with Crippen LogP contribution in [0.15, 0.2) is 55.4 Å². The Morgan fingerprint density at radius 3 is 2.82 bits per heavy atom. The van der Waals surface area contributed by atoms with Crippen molar-refractivity contribution >= 4 is 17.3 Å². The molecule has 1 N–H and O–H groups in total. The van der Waals surface area contributed by atoms with Crippen molar-refractivity contribution in [3.8, 4) is 22.8 Å². The maximum Gasteiger partial charge on any atom is 0.274 e. The van der Waals surface area contributed by atoms with Crippen LogP contribution in [0.4, 0.5) is 11.4 Å². The second-order valence-corrected chi connectivity index (χ2v) is 10.1. The first-order valence-electron chi connectivity index (χ1n) is 13.1. The number of anilines is 2. The largest absolute Gasteiger partial charge is 0.488 e. The first-order valence-corrected chi connectivity index (χ1v) is 13.1. The molecule has 1 atom stereocenters. The summed E-state index contributed by atoms with van der Waals surface area (Å²) >= 11 is 0. The maximum atomic E-state index is 13.5. The SMILES string of the molecule is C[C@H]1COc2c(NC(=O)c3cc(-n4cnc(C5CC5)c4)c(N4CCOCC4)cn3)cccc2-c2nccn21. The summed E-state index contributed by atoms with van der Waals surface area (Å²) in [5.41, 5.74) is 4.69. The minimum atomic E-state index is -0.306. The van der Waals surface area contributed by atoms with E-state index in [9.17, 15) is 4.79 Å². The molecule has 0 radical (unpaired) electrons. The van der Waals surface area contributed by atoms with Gasteiger partial charge in [-0.2, -0.15) is 0 Å². The van der Waals surface area contributed by atoms with Gasteiger partial charge in [0.15, 0.2) is 5.75 Å². The third kappa shape index (κ3) is 4.10. The summed E-state index contributed by atoms with van der Waals surface area (Å²) < 4.78 is 15.8. The van der Waals surface area contributed by atoms with Crippen molar-refractivity contribution in [2.24, 2.45) is 0 Å². The Balaban J connectivity index is 1.23. The number of imidazole rings is 2. The zero-order valence-corrected chi connectivity index (χ0v) is 21.2. The van der Waals surface area contributed by atoms with Gasteiger partial charge in [0.05, 0.1) is 60.1 Å². The van der Waals surface area contributed by atoms with E-state index >= 15 is 0 Å². The molecule has 10 heteroatoms. The lowest BCUT2D eigenvalue weighted by molar-refractivity contribution is 0.102. The second kappa shape index (κ2) is 9.29. The molecule has 4 aromatic rings. The van der Waals surface area contributed by atoms with Gasteiger partial charge in [0, 0.05) is 37.6 Å². The number of morpholine rings is 1. The molecule has 10 nitrogen and oxygen atoms in total. The van der Waals surface area contributed by atoms with Crippen LogP contribution >= 0.6 is 0 Å². The number of ether oxygens (including phenoxy) is 2. The van der Waals surface area contributed by atoms with Gasteiger partial charge < -0.3 is 28.8 Å². The fourth-order valence-electron chi connectivity index (χ4n) is 5.19. The van der Waals surface area contributed by atoms with Gasteiger partial charge in [-0.25, -0.2) is 15.0 Å². The fourth-order valence-corrected chi connectivity index (χ4v) is 5.19. The average Bonchev–Trinajstić information content (AvgIpc) is 3.51. The second-order valence-electron chi connectivity index (χ2n) is 10.1. The molecule has 2 aliphatic heterocycles. The third-order valence-electron chi connectivity index (χ3n) is 7.44. The van der Waals surface area contributed by atoms with E-state index in [1.165, 1.54) is 12.8 Å². The van der Waals surface area contributed by atoms with Crippen molar-refractivity contribution in [3.05, 3.63) is 66.8 Å². The molecule has 1 aromatic carbocycles. The lowest BCUT2D eigenvalue weighted by atomic mass is 10.1. The van der Waals surface area contributed by atoms with E-state index in [2.05, 4.69) is 42.9 Å². The predicted molar refractivity (Wildman–Crippen MR) is 142 cm³/mol. The number of hydrogen-bond donors (Lipinski definition) is 1. The number of carbonyl (C=O) groups is 1. The molecule has 38 heavy (non-hydrogen) atoms. The highest BCUT2D eigenvalue weighted by atomic mass is 16.5. The molecule has 5 heterocycles. The van der Waals surface area contributed by atoms with Gasteiger partial charge in [-0.15, -0.1) is 0 Å². The maximum absolute atomic E-state index is 13.5. The molecule has 1 aliphatic carbocycles. The molecule has 194 valence electrons. The van der Waals surface area contributed by atoms with Crippen molar-refractivity contribution in [1.82, 2.24) is 24.1 Å². The Hall–Kier alpha value is -4.18. The summed E-state index contributed by atoms with van der Waals surface area (Å²) in [7, 11) is 0. The average molecular weight is 512 g/mol. The zero-order chi connectivity index (χ0) is 25.6. The minimum Gasteiger partial charge on any atom is -0.488 e. The van der Waals surface area contributed by atoms with Crippen LogP contribution in [0.1, 0.15) is 47.9 Å². The van der Waals surface area contributed by atoms with Gasteiger partial charge in [-0.1, -0.05) is 6.07 Å². The van der Waals surface area contributed by atoms with Gasteiger partial charge >= 0.3 is 0 Å². The summed E-state index contributed by atoms with van der Waals surface area (Å²) in [6, 6.07) is 7.68. The molecule has 7 rings (SSSR count). The number of rotatable bonds is 5. The quantitative estimate of drug-likeness (QED) is 0.432. The van der Waals surface area contributed by atoms with E-state index in [1.807, 2.05) is 41.4 Å². The molecule has 1 saturated heterocycles. The zero-order valence-electron chi connectivity index (χ0n) is 21.2. The highest BCUT2D eigenvalue weighted by Crippen LogP contribution is 2.41. The normalized spacial score (nSPS) is 18.8. The molecule has 1 amide bonds. The Labute approximate surface area is 220 Å². The Bertz CT molecular complexity index is 1500. The number of benzene rings is 1. The van der Waals surface area contributed by atoms with Crippen LogP contribution in [-0.2, 0) is 4.74 Å². The Kier molecular flexibility index (Phi) is 5.61. The number of hydrogen-bond acceptors (Lipinski definition) is 7. The molecule has 0 bridgehead atoms. The smallest absolute Gasteiger partial charge is 0.274 e. The number of nitrogens with zero attached hydrogens (tertiary/aromatic N) is 6. The monoisotopic (exact) mass is 511 g/mol. The summed E-state index contributed by atoms with van der Waals surface area (Å²) in [4.78, 5) is 29.5. The highest BCUT2D eigenvalue weighted by molar-refractivity contribution is 6.05. The van der Waals surface area contributed by atoms with Crippen molar-refractivity contribution in [2.75, 3.05) is 43.1 Å². The standard InChI is InChI=1S/C28H29N7O3/c1-18-16-38-26-20(27-29-7-8-35(18)27)3-2-4-21(26)32-28(36)22-13-24(34-15-23(31-17-34)19-5-6-19)25(14-30-22)33-9-11-37-12-10-33/h2-4,7-8,13-15,17-19H,5-6,9-12,16H2,1H3,(H,32,36)/t18-/m0/s1. The van der Waals surface area contributed by atoms with Crippen LogP contribution in [0.25, 0.3) is 17.1 Å². The lowest BCUT2D eigenvalue weighted by Crippen LogP contribution is -2.37. The van der Waals surface area contributed by atoms with E-state index in [1.54, 1.807) is 12.4 Å². The van der Waals surface area contributed by atoms with Crippen LogP contribution in [0.2, 0.25) is 0 Å². The molecular formula is C28H29N7O3. The Morgan fingerprint density at radius 1 is 1.11 bits per heavy atom. The van der Waals surface area contributed by atoms with Gasteiger partial charge in [0.1, 0.15) is 18.1 Å². The number of pyridine rings is 1. The number of aromatic nitrogens is 5. The molecule has 2 fully saturated rings. The van der Waals surface area contributed by atoms with Crippen LogP contribution < -0.4 is 15.0 Å². The molecule has 0 unspecified atom stereocenters. The van der Waals surface area contributed by atoms with Gasteiger partial charge in [0.25, 0.3) is 5.91 Å². The molecular weight excluding hydrogens is 482 g/mol. The number of fused-ring (bicyclic) bond motifs is 3. The lowest BCUT2D eigenvalue weighted by Gasteiger charge is -2.30. The van der Waals surface area contributed by atoms with Crippen LogP contribution in [0, 0.1) is 0 Å². The van der Waals surface area contributed by atoms with E-state index in [4.69, 9.17) is 9.47 Å². The minimum absolute atomic E-state index is 0.121. The van der Waals surface area contributed by atoms with Crippen molar-refractivity contribution in [3.63, 3.8) is 0 Å². The third-order valence-corrected chi connectivity index (χ3v) is 7.44. The number of carbonyl (C=O) groups excluding carboxylic acids is 1. The molecule has 0 spiro atoms. The van der Waals surface area contributed by atoms with E-state index < -0.39 is 0 Å². The first-order chi connectivity index (χ1) is 18.7. The summed E-state index contributed by atoms with van der Waals surface area (Å²) in [5, 5.41) is 3.04. The number of para-hydroxylation sites is 1. The molecule has 3 aromatic heterocycles. The summed E-state index contributed by atoms with van der Waals surface area (Å²) in [6.07, 6.45) is 11.8. The number of amides is 1. The van der Waals surface area contributed by atoms with Crippen LogP contribution in [0.5, 0.6) is 5.75 Å². The van der Waals surface area contributed by atoms with Gasteiger partial charge in [-0.05, 0) is 38.0 Å². The number of nitrogens with one attached hydrogen (secondary N) is 1. The first kappa shape index (κ1) is 23.0. The van der Waals surface area contributed by atoms with Crippen molar-refractivity contribution in [2.45, 2.75) is 31.7 Å². The van der Waals surface area contributed by atoms with E-state index in [0.29, 0.717) is 42.9 Å². The summed E-state index contributed by atoms with van der Waals surface area (Å²) in [6.45, 7) is 5.42. The topological polar surface area (TPSA) is 99.3 Å². The Morgan fingerprint density at radius 2 is 1.97 bits per heavy atom. The van der Waals surface area contributed by atoms with Crippen molar-refractivity contribution in [1.29, 1.82) is 0 Å².